The molecule has 1 aliphatic rings. The summed E-state index contributed by atoms with van der Waals surface area (Å²) >= 11 is 6.12. The molecule has 0 amide bonds. The van der Waals surface area contributed by atoms with Crippen molar-refractivity contribution >= 4 is 19.5 Å². The average molecular weight is 285 g/mol. The molecule has 0 atom stereocenters. The van der Waals surface area contributed by atoms with Crippen LogP contribution in [0.1, 0.15) is 20.3 Å². The van der Waals surface area contributed by atoms with Crippen molar-refractivity contribution in [3.63, 3.8) is 0 Å². The van der Waals surface area contributed by atoms with E-state index in [2.05, 4.69) is 0 Å². The topological polar surface area (TPSA) is 41.5 Å². The lowest BCUT2D eigenvalue weighted by molar-refractivity contribution is -0.195. The van der Waals surface area contributed by atoms with Gasteiger partial charge in [-0.25, -0.2) is 0 Å². The summed E-state index contributed by atoms with van der Waals surface area (Å²) < 4.78 is 10.7. The van der Waals surface area contributed by atoms with E-state index in [4.69, 9.17) is 20.6 Å². The monoisotopic (exact) mass is 284 g/mol. The van der Waals surface area contributed by atoms with E-state index in [9.17, 15) is 4.89 Å². The van der Waals surface area contributed by atoms with Crippen LogP contribution in [0.4, 0.5) is 0 Å². The Kier molecular flexibility index (Phi) is 3.96. The average Bonchev–Trinajstić information content (AvgIpc) is 2.66. The van der Waals surface area contributed by atoms with Crippen molar-refractivity contribution < 1.29 is 13.9 Å². The van der Waals surface area contributed by atoms with Gasteiger partial charge in [0, 0.05) is 0 Å². The van der Waals surface area contributed by atoms with Gasteiger partial charge in [0.15, 0.2) is 0 Å². The van der Waals surface area contributed by atoms with Crippen LogP contribution in [0.3, 0.4) is 0 Å². The minimum Gasteiger partial charge on any atom is -0.613 e. The summed E-state index contributed by atoms with van der Waals surface area (Å²) in [6.45, 7) is 3.86. The Hall–Kier alpha value is -1.02. The molecule has 0 bridgehead atoms. The van der Waals surface area contributed by atoms with Gasteiger partial charge in [0.1, 0.15) is 5.82 Å². The van der Waals surface area contributed by atoms with Crippen LogP contribution < -0.4 is 13.9 Å². The third-order valence-electron chi connectivity index (χ3n) is 2.61. The summed E-state index contributed by atoms with van der Waals surface area (Å²) in [5.74, 6) is 2.34. The van der Waals surface area contributed by atoms with Crippen LogP contribution in [0, 0.1) is 0 Å². The van der Waals surface area contributed by atoms with Crippen molar-refractivity contribution in [3.05, 3.63) is 46.8 Å². The van der Waals surface area contributed by atoms with E-state index in [1.807, 2.05) is 19.9 Å². The third kappa shape index (κ3) is 2.69. The first-order valence-electron chi connectivity index (χ1n) is 5.70. The molecule has 0 N–H and O–H groups in total. The highest BCUT2D eigenvalue weighted by Crippen LogP contribution is 2.62. The fourth-order valence-electron chi connectivity index (χ4n) is 1.68. The highest BCUT2D eigenvalue weighted by atomic mass is 35.5. The van der Waals surface area contributed by atoms with Crippen LogP contribution in [0.25, 0.3) is 0 Å². The van der Waals surface area contributed by atoms with Crippen LogP contribution >= 0.6 is 19.5 Å². The molecule has 3 nitrogen and oxygen atoms in total. The van der Waals surface area contributed by atoms with Crippen LogP contribution in [-0.4, -0.2) is 0 Å². The van der Waals surface area contributed by atoms with Crippen molar-refractivity contribution in [3.8, 4) is 11.5 Å². The fourth-order valence-corrected chi connectivity index (χ4v) is 3.72. The van der Waals surface area contributed by atoms with Crippen LogP contribution in [0.15, 0.2) is 46.8 Å². The smallest absolute Gasteiger partial charge is 0.360 e. The predicted molar refractivity (Wildman–Crippen MR) is 72.6 cm³/mol. The highest BCUT2D eigenvalue weighted by Gasteiger charge is 2.40. The minimum atomic E-state index is -3.32. The minimum absolute atomic E-state index is 0.413. The van der Waals surface area contributed by atoms with Gasteiger partial charge in [-0.1, -0.05) is 36.7 Å². The Morgan fingerprint density at radius 2 is 1.89 bits per heavy atom. The van der Waals surface area contributed by atoms with Crippen molar-refractivity contribution in [2.45, 2.75) is 20.3 Å². The van der Waals surface area contributed by atoms with E-state index >= 15 is 0 Å². The summed E-state index contributed by atoms with van der Waals surface area (Å²) in [6.07, 6.45) is 2.65. The van der Waals surface area contributed by atoms with Gasteiger partial charge in [-0.2, -0.15) is 0 Å². The van der Waals surface area contributed by atoms with Crippen molar-refractivity contribution in [1.29, 1.82) is 0 Å². The maximum atomic E-state index is 12.4. The molecule has 0 radical (unpaired) electrons. The Labute approximate surface area is 112 Å². The number of fused-ring (bicyclic) bond motifs is 1. The van der Waals surface area contributed by atoms with Gasteiger partial charge in [0.2, 0.25) is 11.5 Å². The molecular weight excluding hydrogens is 271 g/mol. The molecule has 0 saturated carbocycles. The first-order chi connectivity index (χ1) is 8.58. The molecule has 0 aliphatic carbocycles. The SMILES string of the molecule is C/C=C(CC)\C(Cl)=C\[P+]1([O-])Oc2ccccc2O1. The molecule has 0 aromatic heterocycles. The van der Waals surface area contributed by atoms with Crippen molar-refractivity contribution in [2.75, 3.05) is 0 Å². The maximum absolute atomic E-state index is 12.4. The van der Waals surface area contributed by atoms with Crippen LogP contribution in [0.2, 0.25) is 0 Å². The Balaban J connectivity index is 2.24. The Morgan fingerprint density at radius 3 is 2.33 bits per heavy atom. The quantitative estimate of drug-likeness (QED) is 0.622. The highest BCUT2D eigenvalue weighted by molar-refractivity contribution is 7.63. The maximum Gasteiger partial charge on any atom is 0.360 e. The Morgan fingerprint density at radius 1 is 1.33 bits per heavy atom. The molecule has 1 heterocycles. The predicted octanol–water partition coefficient (Wildman–Crippen LogP) is 4.02. The molecule has 96 valence electrons. The zero-order chi connectivity index (χ0) is 13.2. The lowest BCUT2D eigenvalue weighted by Crippen LogP contribution is -2.14. The lowest BCUT2D eigenvalue weighted by atomic mass is 10.2. The van der Waals surface area contributed by atoms with Gasteiger partial charge in [0.25, 0.3) is 0 Å². The van der Waals surface area contributed by atoms with E-state index in [1.54, 1.807) is 24.3 Å². The van der Waals surface area contributed by atoms with E-state index in [0.717, 1.165) is 12.0 Å². The van der Waals surface area contributed by atoms with E-state index in [0.29, 0.717) is 16.5 Å². The van der Waals surface area contributed by atoms with E-state index in [-0.39, 0.29) is 0 Å². The normalized spacial score (nSPS) is 18.0. The van der Waals surface area contributed by atoms with Crippen LogP contribution in [0.5, 0.6) is 11.5 Å². The first-order valence-corrected chi connectivity index (χ1v) is 7.69. The number of benzene rings is 1. The van der Waals surface area contributed by atoms with Gasteiger partial charge in [-0.05, 0) is 31.1 Å². The molecule has 0 spiro atoms. The zero-order valence-electron chi connectivity index (χ0n) is 10.2. The Bertz CT molecular complexity index is 486. The second-order valence-corrected chi connectivity index (χ2v) is 5.92. The number of hydrogen-bond donors (Lipinski definition) is 0. The summed E-state index contributed by atoms with van der Waals surface area (Å²) in [5.41, 5.74) is 0.912. The molecule has 1 aromatic rings. The van der Waals surface area contributed by atoms with Crippen molar-refractivity contribution in [1.82, 2.24) is 0 Å². The van der Waals surface area contributed by atoms with E-state index in [1.165, 1.54) is 5.82 Å². The second kappa shape index (κ2) is 5.31. The molecule has 5 heteroatoms. The fraction of sp³-hybridized carbons (Fsp3) is 0.231. The molecule has 1 aliphatic heterocycles. The van der Waals surface area contributed by atoms with Gasteiger partial charge in [-0.3, -0.25) is 0 Å². The largest absolute Gasteiger partial charge is 0.613 e. The zero-order valence-corrected chi connectivity index (χ0v) is 11.9. The van der Waals surface area contributed by atoms with Gasteiger partial charge < -0.3 is 13.9 Å². The molecule has 0 unspecified atom stereocenters. The molecule has 18 heavy (non-hydrogen) atoms. The third-order valence-corrected chi connectivity index (χ3v) is 4.59. The molecule has 0 saturated heterocycles. The van der Waals surface area contributed by atoms with Crippen LogP contribution in [-0.2, 0) is 0 Å². The van der Waals surface area contributed by atoms with Crippen molar-refractivity contribution in [2.24, 2.45) is 0 Å². The van der Waals surface area contributed by atoms with Gasteiger partial charge >= 0.3 is 7.94 Å². The molecule has 1 aromatic carbocycles. The summed E-state index contributed by atoms with van der Waals surface area (Å²) in [6, 6.07) is 7.03. The van der Waals surface area contributed by atoms with Gasteiger partial charge in [0.05, 0.1) is 5.03 Å². The number of halogens is 1. The first kappa shape index (κ1) is 13.4. The number of allylic oxidation sites excluding steroid dienone is 3. The second-order valence-electron chi connectivity index (χ2n) is 3.81. The summed E-state index contributed by atoms with van der Waals surface area (Å²) in [4.78, 5) is 12.4. The number of para-hydroxylation sites is 2. The molecule has 0 fully saturated rings. The molecule has 2 rings (SSSR count). The van der Waals surface area contributed by atoms with Gasteiger partial charge in [-0.15, -0.1) is 0 Å². The lowest BCUT2D eigenvalue weighted by Gasteiger charge is -2.16. The molecular formula is C13H14ClO3P. The standard InChI is InChI=1S/C13H14ClO3P/c1-3-10(4-2)11(14)9-18(15)16-12-7-5-6-8-13(12)17-18/h3,5-9H,4H2,1-2H3/b10-3-,11-9-. The number of rotatable bonds is 3. The number of hydrogen-bond acceptors (Lipinski definition) is 3. The summed E-state index contributed by atoms with van der Waals surface area (Å²) in [7, 11) is -3.32. The summed E-state index contributed by atoms with van der Waals surface area (Å²) in [5, 5.41) is 0.413. The van der Waals surface area contributed by atoms with E-state index < -0.39 is 7.94 Å².